The first-order chi connectivity index (χ1) is 19.5. The Kier molecular flexibility index (Phi) is 6.46. The van der Waals surface area contributed by atoms with Gasteiger partial charge in [0.1, 0.15) is 8.80 Å². The number of hydrogen-bond donors (Lipinski definition) is 0. The summed E-state index contributed by atoms with van der Waals surface area (Å²) in [7, 11) is -1.79. The summed E-state index contributed by atoms with van der Waals surface area (Å²) >= 11 is 0. The zero-order valence-electron chi connectivity index (χ0n) is 23.8. The topological polar surface area (TPSA) is 0 Å². The zero-order chi connectivity index (χ0) is 27.4. The van der Waals surface area contributed by atoms with Gasteiger partial charge in [0, 0.05) is 0 Å². The van der Waals surface area contributed by atoms with Crippen molar-refractivity contribution in [2.75, 3.05) is 0 Å². The maximum Gasteiger partial charge on any atom is 0.101 e. The highest BCUT2D eigenvalue weighted by atomic mass is 31.1. The first-order valence-electron chi connectivity index (χ1n) is 14.4. The molecule has 0 saturated carbocycles. The van der Waals surface area contributed by atoms with E-state index in [0.29, 0.717) is 0 Å². The molecule has 0 amide bonds. The smallest absolute Gasteiger partial charge is 0.0664 e. The van der Waals surface area contributed by atoms with Gasteiger partial charge >= 0.3 is 0 Å². The first kappa shape index (κ1) is 25.5. The van der Waals surface area contributed by atoms with Crippen LogP contribution in [0.15, 0.2) is 109 Å². The molecule has 2 heteroatoms. The molecule has 0 fully saturated rings. The molecule has 0 bridgehead atoms. The average Bonchev–Trinajstić information content (AvgIpc) is 3.14. The van der Waals surface area contributed by atoms with Crippen molar-refractivity contribution in [1.29, 1.82) is 0 Å². The van der Waals surface area contributed by atoms with Crippen LogP contribution in [0.3, 0.4) is 0 Å². The van der Waals surface area contributed by atoms with Crippen LogP contribution in [-0.2, 0) is 12.3 Å². The third kappa shape index (κ3) is 4.24. The van der Waals surface area contributed by atoms with Crippen LogP contribution in [0.2, 0.25) is 6.55 Å². The Balaban J connectivity index is 1.44. The molecule has 0 N–H and O–H groups in total. The van der Waals surface area contributed by atoms with Crippen LogP contribution in [0.25, 0.3) is 32.7 Å². The maximum absolute atomic E-state index is 2.56. The van der Waals surface area contributed by atoms with Gasteiger partial charge in [0.15, 0.2) is 0 Å². The molecule has 0 saturated heterocycles. The lowest BCUT2D eigenvalue weighted by Gasteiger charge is -2.25. The van der Waals surface area contributed by atoms with Crippen LogP contribution in [0.5, 0.6) is 0 Å². The quantitative estimate of drug-likeness (QED) is 0.153. The highest BCUT2D eigenvalue weighted by molar-refractivity contribution is 7.64. The Morgan fingerprint density at radius 2 is 1.07 bits per heavy atom. The number of aryl methyl sites for hydroxylation is 3. The van der Waals surface area contributed by atoms with Crippen molar-refractivity contribution in [3.63, 3.8) is 0 Å². The maximum atomic E-state index is 2.56. The van der Waals surface area contributed by atoms with Gasteiger partial charge in [-0.1, -0.05) is 151 Å². The third-order valence-corrected chi connectivity index (χ3v) is 14.9. The molecule has 0 nitrogen and oxygen atoms in total. The first-order valence-corrected chi connectivity index (χ1v) is 18.4. The summed E-state index contributed by atoms with van der Waals surface area (Å²) in [4.78, 5) is 0. The summed E-state index contributed by atoms with van der Waals surface area (Å²) in [6.07, 6.45) is 2.25. The van der Waals surface area contributed by atoms with Crippen molar-refractivity contribution >= 4 is 53.9 Å². The summed E-state index contributed by atoms with van der Waals surface area (Å²) < 4.78 is 0. The summed E-state index contributed by atoms with van der Waals surface area (Å²) in [6, 6.07) is 41.7. The van der Waals surface area contributed by atoms with E-state index in [9.17, 15) is 0 Å². The Bertz CT molecular complexity index is 1810. The summed E-state index contributed by atoms with van der Waals surface area (Å²) in [5.41, 5.74) is 10.2. The van der Waals surface area contributed by atoms with E-state index < -0.39 is 16.7 Å². The van der Waals surface area contributed by atoms with E-state index in [2.05, 4.69) is 137 Å². The molecule has 0 aromatic heterocycles. The lowest BCUT2D eigenvalue weighted by molar-refractivity contribution is 1.35. The van der Waals surface area contributed by atoms with Gasteiger partial charge in [-0.05, 0) is 82.2 Å². The summed E-state index contributed by atoms with van der Waals surface area (Å²) in [5, 5.41) is 10.3. The van der Waals surface area contributed by atoms with Crippen molar-refractivity contribution in [2.45, 2.75) is 39.6 Å². The van der Waals surface area contributed by atoms with Crippen LogP contribution in [0.1, 0.15) is 27.8 Å². The molecule has 0 radical (unpaired) electrons. The highest BCUT2D eigenvalue weighted by Gasteiger charge is 2.28. The Morgan fingerprint density at radius 3 is 1.65 bits per heavy atom. The average molecular weight is 551 g/mol. The van der Waals surface area contributed by atoms with Crippen LogP contribution < -0.4 is 15.7 Å². The second-order valence-electron chi connectivity index (χ2n) is 11.6. The fourth-order valence-corrected chi connectivity index (χ4v) is 13.7. The molecule has 196 valence electrons. The van der Waals surface area contributed by atoms with Crippen molar-refractivity contribution < 1.29 is 0 Å². The van der Waals surface area contributed by atoms with E-state index >= 15 is 0 Å². The van der Waals surface area contributed by atoms with E-state index in [1.54, 1.807) is 15.7 Å². The van der Waals surface area contributed by atoms with Crippen LogP contribution in [0, 0.1) is 20.8 Å². The number of rotatable bonds is 3. The van der Waals surface area contributed by atoms with Gasteiger partial charge < -0.3 is 0 Å². The molecule has 6 aromatic rings. The van der Waals surface area contributed by atoms with Crippen LogP contribution in [-0.4, -0.2) is 8.80 Å². The van der Waals surface area contributed by atoms with E-state index in [1.165, 1.54) is 60.5 Å². The molecule has 0 spiro atoms. The molecule has 7 rings (SSSR count). The molecule has 40 heavy (non-hydrogen) atoms. The normalized spacial score (nSPS) is 14.1. The molecular weight excluding hydrogens is 515 g/mol. The second-order valence-corrected chi connectivity index (χ2v) is 16.4. The van der Waals surface area contributed by atoms with Crippen molar-refractivity contribution in [3.8, 4) is 11.1 Å². The van der Waals surface area contributed by atoms with Crippen molar-refractivity contribution in [1.82, 2.24) is 0 Å². The largest absolute Gasteiger partial charge is 0.101 e. The zero-order valence-corrected chi connectivity index (χ0v) is 25.9. The van der Waals surface area contributed by atoms with Crippen LogP contribution >= 0.6 is 7.92 Å². The lowest BCUT2D eigenvalue weighted by atomic mass is 9.88. The van der Waals surface area contributed by atoms with Gasteiger partial charge in [0.2, 0.25) is 0 Å². The summed E-state index contributed by atoms with van der Waals surface area (Å²) in [6.45, 7) is 9.42. The van der Waals surface area contributed by atoms with E-state index in [1.807, 2.05) is 0 Å². The molecule has 1 aliphatic rings. The van der Waals surface area contributed by atoms with Gasteiger partial charge in [-0.25, -0.2) is 0 Å². The Morgan fingerprint density at radius 1 is 0.575 bits per heavy atom. The minimum atomic E-state index is -1.38. The van der Waals surface area contributed by atoms with Gasteiger partial charge in [0.25, 0.3) is 0 Å². The van der Waals surface area contributed by atoms with Crippen molar-refractivity contribution in [2.24, 2.45) is 0 Å². The molecule has 1 aliphatic heterocycles. The van der Waals surface area contributed by atoms with E-state index in [0.717, 1.165) is 12.3 Å². The minimum Gasteiger partial charge on any atom is -0.0664 e. The predicted molar refractivity (Wildman–Crippen MR) is 180 cm³/mol. The second kappa shape index (κ2) is 10.1. The predicted octanol–water partition coefficient (Wildman–Crippen LogP) is 8.38. The molecule has 6 aromatic carbocycles. The molecule has 0 unspecified atom stereocenters. The van der Waals surface area contributed by atoms with Crippen molar-refractivity contribution in [3.05, 3.63) is 137 Å². The minimum absolute atomic E-state index is 0.412. The Hall–Kier alpha value is -3.51. The summed E-state index contributed by atoms with van der Waals surface area (Å²) in [5.74, 6) is 0. The monoisotopic (exact) mass is 550 g/mol. The standard InChI is InChI=1S/C38H35PSi/c1-25-21-26(2)38(27(3)22-25)40(4)35-16-10-9-15-34(35)39-23-30-19-17-28-11-5-7-13-32(28)36(30)37-31(24-39)20-18-29-12-6-8-14-33(29)37/h5-22,40H,23-24H2,1-4H3/t40-/m0/s1. The molecular formula is C38H35PSi. The van der Waals surface area contributed by atoms with E-state index in [-0.39, 0.29) is 0 Å². The molecule has 1 atom stereocenters. The van der Waals surface area contributed by atoms with Gasteiger partial charge in [0.05, 0.1) is 0 Å². The molecule has 1 heterocycles. The number of benzene rings is 6. The fraction of sp³-hybridized carbons (Fsp3) is 0.158. The number of fused-ring (bicyclic) bond motifs is 7. The van der Waals surface area contributed by atoms with Gasteiger partial charge in [-0.3, -0.25) is 0 Å². The molecule has 0 aliphatic carbocycles. The SMILES string of the molecule is Cc1cc(C)c([Si@@H](C)c2ccccc2P2Cc3ccc4ccccc4c3-c3c(ccc4ccccc34)C2)c(C)c1. The third-order valence-electron chi connectivity index (χ3n) is 8.92. The lowest BCUT2D eigenvalue weighted by Crippen LogP contribution is -2.48. The van der Waals surface area contributed by atoms with Crippen LogP contribution in [0.4, 0.5) is 0 Å². The van der Waals surface area contributed by atoms with Gasteiger partial charge in [-0.15, -0.1) is 0 Å². The number of hydrogen-bond acceptors (Lipinski definition) is 0. The van der Waals surface area contributed by atoms with Gasteiger partial charge in [-0.2, -0.15) is 0 Å². The van der Waals surface area contributed by atoms with E-state index in [4.69, 9.17) is 0 Å². The highest BCUT2D eigenvalue weighted by Crippen LogP contribution is 2.52. The fourth-order valence-electron chi connectivity index (χ4n) is 7.30. The Labute approximate surface area is 241 Å².